The standard InChI is InChI=1S/C19H14ClN3/c1-2-14-6-8-17(9-7-14)23-13-18(19(22-23)10-11-21)15-4-3-5-16(20)12-15/h2-9,12-13H,1,10H2. The van der Waals surface area contributed by atoms with Crippen LogP contribution in [-0.2, 0) is 6.42 Å². The average molecular weight is 320 g/mol. The molecule has 0 aliphatic carbocycles. The van der Waals surface area contributed by atoms with Crippen LogP contribution in [0.25, 0.3) is 22.9 Å². The van der Waals surface area contributed by atoms with Gasteiger partial charge in [-0.25, -0.2) is 4.68 Å². The third kappa shape index (κ3) is 3.18. The van der Waals surface area contributed by atoms with Crippen molar-refractivity contribution in [3.63, 3.8) is 0 Å². The van der Waals surface area contributed by atoms with Crippen molar-refractivity contribution in [3.8, 4) is 22.9 Å². The Morgan fingerprint density at radius 3 is 2.65 bits per heavy atom. The lowest BCUT2D eigenvalue weighted by Gasteiger charge is -2.01. The number of hydrogen-bond acceptors (Lipinski definition) is 2. The molecular formula is C19H14ClN3. The molecule has 1 aromatic heterocycles. The Labute approximate surface area is 140 Å². The fourth-order valence-corrected chi connectivity index (χ4v) is 2.60. The SMILES string of the molecule is C=Cc1ccc(-n2cc(-c3cccc(Cl)c3)c(CC#N)n2)cc1. The second kappa shape index (κ2) is 6.51. The highest BCUT2D eigenvalue weighted by atomic mass is 35.5. The summed E-state index contributed by atoms with van der Waals surface area (Å²) < 4.78 is 1.79. The van der Waals surface area contributed by atoms with Crippen molar-refractivity contribution in [2.75, 3.05) is 0 Å². The largest absolute Gasteiger partial charge is 0.240 e. The van der Waals surface area contributed by atoms with E-state index < -0.39 is 0 Å². The summed E-state index contributed by atoms with van der Waals surface area (Å²) >= 11 is 6.08. The number of halogens is 1. The van der Waals surface area contributed by atoms with Gasteiger partial charge in [-0.3, -0.25) is 0 Å². The van der Waals surface area contributed by atoms with E-state index in [1.165, 1.54) is 0 Å². The van der Waals surface area contributed by atoms with Gasteiger partial charge in [0.2, 0.25) is 0 Å². The molecule has 2 aromatic carbocycles. The van der Waals surface area contributed by atoms with E-state index in [1.807, 2.05) is 54.7 Å². The molecule has 0 spiro atoms. The van der Waals surface area contributed by atoms with Crippen LogP contribution in [0.3, 0.4) is 0 Å². The Balaban J connectivity index is 2.08. The molecule has 4 heteroatoms. The molecule has 0 radical (unpaired) electrons. The number of benzene rings is 2. The van der Waals surface area contributed by atoms with E-state index in [2.05, 4.69) is 17.7 Å². The predicted molar refractivity (Wildman–Crippen MR) is 93.4 cm³/mol. The summed E-state index contributed by atoms with van der Waals surface area (Å²) in [7, 11) is 0. The fourth-order valence-electron chi connectivity index (χ4n) is 2.41. The van der Waals surface area contributed by atoms with Gasteiger partial charge in [0.15, 0.2) is 0 Å². The number of nitriles is 1. The van der Waals surface area contributed by atoms with Crippen LogP contribution in [0.15, 0.2) is 61.3 Å². The molecule has 3 nitrogen and oxygen atoms in total. The van der Waals surface area contributed by atoms with Crippen molar-refractivity contribution < 1.29 is 0 Å². The third-order valence-electron chi connectivity index (χ3n) is 3.57. The minimum Gasteiger partial charge on any atom is -0.240 e. The Bertz CT molecular complexity index is 886. The van der Waals surface area contributed by atoms with Crippen molar-refractivity contribution >= 4 is 17.7 Å². The molecule has 0 atom stereocenters. The molecule has 0 saturated heterocycles. The van der Waals surface area contributed by atoms with Gasteiger partial charge in [0.05, 0.1) is 23.9 Å². The normalized spacial score (nSPS) is 10.3. The highest BCUT2D eigenvalue weighted by Gasteiger charge is 2.12. The zero-order valence-electron chi connectivity index (χ0n) is 12.4. The maximum Gasteiger partial charge on any atom is 0.0847 e. The molecular weight excluding hydrogens is 306 g/mol. The van der Waals surface area contributed by atoms with E-state index in [0.717, 1.165) is 28.1 Å². The van der Waals surface area contributed by atoms with E-state index in [0.29, 0.717) is 5.02 Å². The molecule has 112 valence electrons. The summed E-state index contributed by atoms with van der Waals surface area (Å²) in [5, 5.41) is 14.3. The smallest absolute Gasteiger partial charge is 0.0847 e. The third-order valence-corrected chi connectivity index (χ3v) is 3.80. The Kier molecular flexibility index (Phi) is 4.27. The number of nitrogens with zero attached hydrogens (tertiary/aromatic N) is 3. The maximum atomic E-state index is 9.06. The molecule has 0 bridgehead atoms. The molecule has 0 N–H and O–H groups in total. The van der Waals surface area contributed by atoms with Crippen LogP contribution in [0.1, 0.15) is 11.3 Å². The summed E-state index contributed by atoms with van der Waals surface area (Å²) in [5.74, 6) is 0. The van der Waals surface area contributed by atoms with Crippen molar-refractivity contribution in [1.82, 2.24) is 9.78 Å². The summed E-state index contributed by atoms with van der Waals surface area (Å²) in [6.07, 6.45) is 3.98. The van der Waals surface area contributed by atoms with Crippen molar-refractivity contribution in [3.05, 3.63) is 77.6 Å². The summed E-state index contributed by atoms with van der Waals surface area (Å²) in [5.41, 5.74) is 4.59. The van der Waals surface area contributed by atoms with Crippen molar-refractivity contribution in [2.45, 2.75) is 6.42 Å². The monoisotopic (exact) mass is 319 g/mol. The summed E-state index contributed by atoms with van der Waals surface area (Å²) in [6, 6.07) is 17.6. The maximum absolute atomic E-state index is 9.06. The van der Waals surface area contributed by atoms with Crippen LogP contribution in [0.5, 0.6) is 0 Å². The van der Waals surface area contributed by atoms with Crippen LogP contribution in [0.4, 0.5) is 0 Å². The molecule has 3 rings (SSSR count). The van der Waals surface area contributed by atoms with E-state index in [9.17, 15) is 0 Å². The molecule has 23 heavy (non-hydrogen) atoms. The molecule has 3 aromatic rings. The predicted octanol–water partition coefficient (Wildman–Crippen LogP) is 4.90. The number of aromatic nitrogens is 2. The highest BCUT2D eigenvalue weighted by Crippen LogP contribution is 2.27. The van der Waals surface area contributed by atoms with Gasteiger partial charge in [0, 0.05) is 16.8 Å². The zero-order valence-corrected chi connectivity index (χ0v) is 13.2. The first-order valence-electron chi connectivity index (χ1n) is 7.15. The van der Waals surface area contributed by atoms with Crippen LogP contribution in [0, 0.1) is 11.3 Å². The number of rotatable bonds is 4. The van der Waals surface area contributed by atoms with Gasteiger partial charge in [-0.05, 0) is 35.4 Å². The van der Waals surface area contributed by atoms with Crippen molar-refractivity contribution in [2.24, 2.45) is 0 Å². The Morgan fingerprint density at radius 1 is 1.22 bits per heavy atom. The minimum atomic E-state index is 0.250. The Morgan fingerprint density at radius 2 is 2.00 bits per heavy atom. The first-order valence-corrected chi connectivity index (χ1v) is 7.53. The van der Waals surface area contributed by atoms with Gasteiger partial charge in [-0.2, -0.15) is 10.4 Å². The summed E-state index contributed by atoms with van der Waals surface area (Å²) in [4.78, 5) is 0. The summed E-state index contributed by atoms with van der Waals surface area (Å²) in [6.45, 7) is 3.75. The average Bonchev–Trinajstić information content (AvgIpc) is 2.99. The van der Waals surface area contributed by atoms with Gasteiger partial charge >= 0.3 is 0 Å². The zero-order chi connectivity index (χ0) is 16.2. The van der Waals surface area contributed by atoms with Gasteiger partial charge in [-0.15, -0.1) is 0 Å². The molecule has 1 heterocycles. The van der Waals surface area contributed by atoms with Crippen LogP contribution in [0.2, 0.25) is 5.02 Å². The highest BCUT2D eigenvalue weighted by molar-refractivity contribution is 6.30. The van der Waals surface area contributed by atoms with E-state index in [1.54, 1.807) is 10.8 Å². The lowest BCUT2D eigenvalue weighted by Crippen LogP contribution is -1.95. The van der Waals surface area contributed by atoms with E-state index >= 15 is 0 Å². The van der Waals surface area contributed by atoms with Crippen LogP contribution < -0.4 is 0 Å². The second-order valence-corrected chi connectivity index (χ2v) is 5.51. The molecule has 0 unspecified atom stereocenters. The van der Waals surface area contributed by atoms with Gasteiger partial charge in [0.25, 0.3) is 0 Å². The lowest BCUT2D eigenvalue weighted by atomic mass is 10.1. The molecule has 0 saturated carbocycles. The first-order chi connectivity index (χ1) is 11.2. The van der Waals surface area contributed by atoms with E-state index in [-0.39, 0.29) is 6.42 Å². The topological polar surface area (TPSA) is 41.6 Å². The van der Waals surface area contributed by atoms with Gasteiger partial charge < -0.3 is 0 Å². The Hall–Kier alpha value is -2.83. The molecule has 0 aliphatic heterocycles. The fraction of sp³-hybridized carbons (Fsp3) is 0.0526. The van der Waals surface area contributed by atoms with Crippen molar-refractivity contribution in [1.29, 1.82) is 5.26 Å². The number of hydrogen-bond donors (Lipinski definition) is 0. The lowest BCUT2D eigenvalue weighted by molar-refractivity contribution is 0.853. The minimum absolute atomic E-state index is 0.250. The van der Waals surface area contributed by atoms with Crippen LogP contribution >= 0.6 is 11.6 Å². The molecule has 0 aliphatic rings. The van der Waals surface area contributed by atoms with Gasteiger partial charge in [-0.1, -0.05) is 48.5 Å². The first kappa shape index (κ1) is 15.1. The second-order valence-electron chi connectivity index (χ2n) is 5.07. The van der Waals surface area contributed by atoms with Gasteiger partial charge in [0.1, 0.15) is 0 Å². The molecule has 0 amide bonds. The van der Waals surface area contributed by atoms with E-state index in [4.69, 9.17) is 16.9 Å². The quantitative estimate of drug-likeness (QED) is 0.686. The molecule has 0 fully saturated rings. The van der Waals surface area contributed by atoms with Crippen LogP contribution in [-0.4, -0.2) is 9.78 Å².